The summed E-state index contributed by atoms with van der Waals surface area (Å²) < 4.78 is 0. The van der Waals surface area contributed by atoms with Crippen LogP contribution in [0.1, 0.15) is 0 Å². The van der Waals surface area contributed by atoms with Gasteiger partial charge in [-0.1, -0.05) is 0 Å². The maximum atomic E-state index is 0. The molecule has 4 heavy (non-hydrogen) atoms. The van der Waals surface area contributed by atoms with Gasteiger partial charge in [0.25, 0.3) is 0 Å². The molecule has 0 aliphatic heterocycles. The largest absolute Gasteiger partial charge is 0 e. The average molecular weight is 384 g/mol. The van der Waals surface area contributed by atoms with Gasteiger partial charge in [-0.3, -0.25) is 0 Å². The maximum absolute atomic E-state index is 0. The normalized spacial score (nSPS) is 0. The molecular weight excluding hydrogens is 384 g/mol. The van der Waals surface area contributed by atoms with Crippen LogP contribution in [-0.2, 0) is 84.3 Å². The molecule has 0 aromatic carbocycles. The molecule has 0 heterocycles. The summed E-state index contributed by atoms with van der Waals surface area (Å²) in [5.41, 5.74) is 0. The van der Waals surface area contributed by atoms with Crippen LogP contribution in [0.4, 0.5) is 0 Å². The van der Waals surface area contributed by atoms with Crippen LogP contribution in [0.2, 0.25) is 0 Å². The number of hydrogen-bond acceptors (Lipinski definition) is 0. The molecule has 0 aromatic heterocycles. The predicted molar refractivity (Wildman–Crippen MR) is 0 cm³/mol. The van der Waals surface area contributed by atoms with Crippen molar-refractivity contribution in [2.75, 3.05) is 0 Å². The molecular formula is Mo4. The zero-order chi connectivity index (χ0) is 0. The predicted octanol–water partition coefficient (Wildman–Crippen LogP) is -0.0100. The minimum atomic E-state index is 0. The van der Waals surface area contributed by atoms with Gasteiger partial charge in [-0.15, -0.1) is 0 Å². The quantitative estimate of drug-likeness (QED) is 0.516. The minimum absolute atomic E-state index is 0. The topological polar surface area (TPSA) is 0 Å². The summed E-state index contributed by atoms with van der Waals surface area (Å²) in [5.74, 6) is 0. The van der Waals surface area contributed by atoms with Crippen molar-refractivity contribution in [2.24, 2.45) is 0 Å². The third-order valence-electron chi connectivity index (χ3n) is 0. The van der Waals surface area contributed by atoms with E-state index in [1.165, 1.54) is 0 Å². The van der Waals surface area contributed by atoms with Crippen LogP contribution >= 0.6 is 0 Å². The first kappa shape index (κ1) is 29.5. The van der Waals surface area contributed by atoms with E-state index < -0.39 is 0 Å². The van der Waals surface area contributed by atoms with E-state index >= 15 is 0 Å². The second-order valence-electron chi connectivity index (χ2n) is 0. The van der Waals surface area contributed by atoms with Crippen LogP contribution in [0.5, 0.6) is 0 Å². The van der Waals surface area contributed by atoms with E-state index in [4.69, 9.17) is 0 Å². The maximum Gasteiger partial charge on any atom is 0 e. The van der Waals surface area contributed by atoms with Crippen molar-refractivity contribution < 1.29 is 84.3 Å². The Bertz CT molecular complexity index is 0. The van der Waals surface area contributed by atoms with Crippen molar-refractivity contribution in [2.45, 2.75) is 0 Å². The molecule has 0 spiro atoms. The Kier molecular flexibility index (Phi) is 126. The van der Waals surface area contributed by atoms with Crippen molar-refractivity contribution >= 4 is 0 Å². The summed E-state index contributed by atoms with van der Waals surface area (Å²) in [4.78, 5) is 0. The molecule has 0 bridgehead atoms. The third-order valence-corrected chi connectivity index (χ3v) is 0. The molecule has 0 atom stereocenters. The summed E-state index contributed by atoms with van der Waals surface area (Å²) in [6.45, 7) is 0. The van der Waals surface area contributed by atoms with Gasteiger partial charge in [-0.2, -0.15) is 0 Å². The van der Waals surface area contributed by atoms with E-state index in [1.54, 1.807) is 0 Å². The summed E-state index contributed by atoms with van der Waals surface area (Å²) in [5, 5.41) is 0. The molecule has 0 radical (unpaired) electrons. The van der Waals surface area contributed by atoms with Gasteiger partial charge in [0.2, 0.25) is 0 Å². The molecule has 0 nitrogen and oxygen atoms in total. The van der Waals surface area contributed by atoms with Crippen LogP contribution in [0.3, 0.4) is 0 Å². The summed E-state index contributed by atoms with van der Waals surface area (Å²) in [6.07, 6.45) is 0. The van der Waals surface area contributed by atoms with E-state index in [0.717, 1.165) is 0 Å². The van der Waals surface area contributed by atoms with Gasteiger partial charge in [-0.25, -0.2) is 0 Å². The van der Waals surface area contributed by atoms with Crippen LogP contribution in [0.25, 0.3) is 0 Å². The molecule has 0 amide bonds. The fourth-order valence-corrected chi connectivity index (χ4v) is 0. The summed E-state index contributed by atoms with van der Waals surface area (Å²) in [7, 11) is 0. The van der Waals surface area contributed by atoms with Crippen molar-refractivity contribution in [3.8, 4) is 0 Å². The molecule has 0 aliphatic carbocycles. The fraction of sp³-hybridized carbons (Fsp3) is 0. The molecule has 0 saturated carbocycles. The van der Waals surface area contributed by atoms with Crippen LogP contribution in [0.15, 0.2) is 0 Å². The van der Waals surface area contributed by atoms with Crippen LogP contribution < -0.4 is 0 Å². The third kappa shape index (κ3) is 8.83. The van der Waals surface area contributed by atoms with Gasteiger partial charge < -0.3 is 0 Å². The first-order chi connectivity index (χ1) is 0. The first-order valence-corrected chi connectivity index (χ1v) is 0. The number of hydrogen-bond donors (Lipinski definition) is 0. The zero-order valence-corrected chi connectivity index (χ0v) is 9.66. The Morgan fingerprint density at radius 3 is 0.250 bits per heavy atom. The van der Waals surface area contributed by atoms with E-state index in [-0.39, 0.29) is 84.3 Å². The molecule has 0 saturated heterocycles. The van der Waals surface area contributed by atoms with Gasteiger partial charge in [0, 0.05) is 84.3 Å². The molecule has 4 heteroatoms. The second-order valence-corrected chi connectivity index (χ2v) is 0. The molecule has 24 valence electrons. The van der Waals surface area contributed by atoms with Crippen molar-refractivity contribution in [1.29, 1.82) is 0 Å². The Morgan fingerprint density at radius 2 is 0.250 bits per heavy atom. The van der Waals surface area contributed by atoms with Gasteiger partial charge in [0.05, 0.1) is 0 Å². The standard InChI is InChI=1S/4Mo. The van der Waals surface area contributed by atoms with Crippen molar-refractivity contribution in [3.05, 3.63) is 0 Å². The van der Waals surface area contributed by atoms with Crippen molar-refractivity contribution in [1.82, 2.24) is 0 Å². The van der Waals surface area contributed by atoms with Gasteiger partial charge in [0.1, 0.15) is 0 Å². The van der Waals surface area contributed by atoms with Crippen molar-refractivity contribution in [3.63, 3.8) is 0 Å². The minimum Gasteiger partial charge on any atom is 0 e. The monoisotopic (exact) mass is 392 g/mol. The number of rotatable bonds is 0. The van der Waals surface area contributed by atoms with Gasteiger partial charge in [-0.05, 0) is 0 Å². The fourth-order valence-electron chi connectivity index (χ4n) is 0. The van der Waals surface area contributed by atoms with Crippen LogP contribution in [0, 0.1) is 0 Å². The van der Waals surface area contributed by atoms with E-state index in [0.29, 0.717) is 0 Å². The Balaban J connectivity index is 0. The van der Waals surface area contributed by atoms with Gasteiger partial charge in [0.15, 0.2) is 0 Å². The Morgan fingerprint density at radius 1 is 0.250 bits per heavy atom. The SMILES string of the molecule is [Mo].[Mo].[Mo].[Mo]. The van der Waals surface area contributed by atoms with E-state index in [9.17, 15) is 0 Å². The molecule has 0 aromatic rings. The summed E-state index contributed by atoms with van der Waals surface area (Å²) in [6, 6.07) is 0. The second kappa shape index (κ2) is 17.1. The summed E-state index contributed by atoms with van der Waals surface area (Å²) >= 11 is 0. The van der Waals surface area contributed by atoms with Crippen LogP contribution in [-0.4, -0.2) is 0 Å². The zero-order valence-electron chi connectivity index (χ0n) is 1.63. The first-order valence-electron chi connectivity index (χ1n) is 0. The smallest absolute Gasteiger partial charge is 0 e. The molecule has 0 rings (SSSR count). The molecule has 0 aliphatic rings. The van der Waals surface area contributed by atoms with Gasteiger partial charge >= 0.3 is 0 Å². The Hall–Kier alpha value is 2.75. The molecule has 0 N–H and O–H groups in total. The molecule has 0 fully saturated rings. The van der Waals surface area contributed by atoms with E-state index in [2.05, 4.69) is 0 Å². The molecule has 0 unspecified atom stereocenters. The average Bonchev–Trinajstić information content (AvgIpc) is 0. The van der Waals surface area contributed by atoms with E-state index in [1.807, 2.05) is 0 Å². The Labute approximate surface area is 82.9 Å².